The van der Waals surface area contributed by atoms with Gasteiger partial charge in [0.25, 0.3) is 11.8 Å². The summed E-state index contributed by atoms with van der Waals surface area (Å²) in [6, 6.07) is 10.5. The van der Waals surface area contributed by atoms with Crippen LogP contribution in [0.25, 0.3) is 0 Å². The molecule has 2 amide bonds. The van der Waals surface area contributed by atoms with E-state index < -0.39 is 0 Å². The molecule has 1 fully saturated rings. The minimum Gasteiger partial charge on any atom is -0.482 e. The largest absolute Gasteiger partial charge is 0.482 e. The molecule has 0 aliphatic carbocycles. The third-order valence-electron chi connectivity index (χ3n) is 5.88. The molecule has 8 heteroatoms. The summed E-state index contributed by atoms with van der Waals surface area (Å²) in [5.41, 5.74) is 1.76. The van der Waals surface area contributed by atoms with Gasteiger partial charge in [-0.15, -0.1) is 0 Å². The minimum atomic E-state index is -0.263. The molecule has 2 aromatic rings. The van der Waals surface area contributed by atoms with E-state index in [1.54, 1.807) is 41.3 Å². The van der Waals surface area contributed by atoms with Crippen LogP contribution in [0.1, 0.15) is 29.6 Å². The predicted octanol–water partition coefficient (Wildman–Crippen LogP) is 2.88. The highest BCUT2D eigenvalue weighted by Gasteiger charge is 2.27. The number of likely N-dealkylation sites (tertiary alicyclic amines) is 1. The number of anilines is 2. The molecule has 31 heavy (non-hydrogen) atoms. The van der Waals surface area contributed by atoms with E-state index in [9.17, 15) is 9.59 Å². The molecule has 0 bridgehead atoms. The lowest BCUT2D eigenvalue weighted by atomic mass is 10.1. The molecule has 0 atom stereocenters. The Balaban J connectivity index is 1.31. The molecule has 0 spiro atoms. The zero-order valence-electron chi connectivity index (χ0n) is 17.3. The molecular weight excluding hydrogens is 398 g/mol. The van der Waals surface area contributed by atoms with Crippen molar-refractivity contribution in [2.24, 2.45) is 0 Å². The van der Waals surface area contributed by atoms with Gasteiger partial charge < -0.3 is 29.3 Å². The summed E-state index contributed by atoms with van der Waals surface area (Å²) in [6.45, 7) is 3.80. The Kier molecular flexibility index (Phi) is 5.38. The first-order valence-electron chi connectivity index (χ1n) is 10.7. The number of rotatable bonds is 5. The fraction of sp³-hybridized carbons (Fsp3) is 0.391. The van der Waals surface area contributed by atoms with Gasteiger partial charge in [-0.2, -0.15) is 0 Å². The van der Waals surface area contributed by atoms with Gasteiger partial charge in [0.15, 0.2) is 18.1 Å². The fourth-order valence-corrected chi connectivity index (χ4v) is 4.19. The standard InChI is InChI=1S/C23H25N3O5/c27-22-14-29-19-7-5-17(13-18(19)26(22)11-10-25-8-2-1-3-9-25)24-23(28)16-4-6-20-21(12-16)31-15-30-20/h4-7,12-13H,1-3,8-11,14-15H2,(H,24,28). The van der Waals surface area contributed by atoms with Gasteiger partial charge in [-0.3, -0.25) is 9.59 Å². The Hall–Kier alpha value is -3.26. The number of nitrogens with one attached hydrogen (secondary N) is 1. The van der Waals surface area contributed by atoms with Gasteiger partial charge in [0.05, 0.1) is 5.69 Å². The average Bonchev–Trinajstić information content (AvgIpc) is 3.27. The van der Waals surface area contributed by atoms with E-state index in [1.807, 2.05) is 0 Å². The Labute approximate surface area is 180 Å². The number of piperidine rings is 1. The van der Waals surface area contributed by atoms with Crippen LogP contribution in [0.15, 0.2) is 36.4 Å². The highest BCUT2D eigenvalue weighted by atomic mass is 16.7. The van der Waals surface area contributed by atoms with Crippen molar-refractivity contribution < 1.29 is 23.8 Å². The van der Waals surface area contributed by atoms with Crippen molar-refractivity contribution in [1.82, 2.24) is 4.90 Å². The SMILES string of the molecule is O=C(Nc1ccc2c(c1)N(CCN1CCCCC1)C(=O)CO2)c1ccc2c(c1)OCO2. The summed E-state index contributed by atoms with van der Waals surface area (Å²) in [6.07, 6.45) is 3.70. The highest BCUT2D eigenvalue weighted by molar-refractivity contribution is 6.05. The first-order valence-corrected chi connectivity index (χ1v) is 10.7. The lowest BCUT2D eigenvalue weighted by Crippen LogP contribution is -2.44. The number of carbonyl (C=O) groups is 2. The number of nitrogens with zero attached hydrogens (tertiary/aromatic N) is 2. The number of hydrogen-bond acceptors (Lipinski definition) is 6. The van der Waals surface area contributed by atoms with Crippen molar-refractivity contribution >= 4 is 23.2 Å². The summed E-state index contributed by atoms with van der Waals surface area (Å²) < 4.78 is 16.2. The molecule has 8 nitrogen and oxygen atoms in total. The number of benzene rings is 2. The van der Waals surface area contributed by atoms with E-state index in [0.717, 1.165) is 19.6 Å². The van der Waals surface area contributed by atoms with Gasteiger partial charge in [-0.25, -0.2) is 0 Å². The van der Waals surface area contributed by atoms with Gasteiger partial charge in [-0.1, -0.05) is 6.42 Å². The smallest absolute Gasteiger partial charge is 0.265 e. The zero-order valence-corrected chi connectivity index (χ0v) is 17.3. The van der Waals surface area contributed by atoms with Gasteiger partial charge in [0.2, 0.25) is 6.79 Å². The second-order valence-electron chi connectivity index (χ2n) is 7.94. The molecule has 3 aliphatic heterocycles. The Morgan fingerprint density at radius 1 is 0.903 bits per heavy atom. The van der Waals surface area contributed by atoms with Gasteiger partial charge >= 0.3 is 0 Å². The first-order chi connectivity index (χ1) is 15.2. The van der Waals surface area contributed by atoms with Crippen LogP contribution in [0.5, 0.6) is 17.2 Å². The molecule has 162 valence electrons. The third kappa shape index (κ3) is 4.16. The normalized spacial score (nSPS) is 17.8. The molecule has 0 aromatic heterocycles. The maximum absolute atomic E-state index is 12.7. The second kappa shape index (κ2) is 8.47. The van der Waals surface area contributed by atoms with Crippen LogP contribution in [0.3, 0.4) is 0 Å². The third-order valence-corrected chi connectivity index (χ3v) is 5.88. The molecular formula is C23H25N3O5. The van der Waals surface area contributed by atoms with Crippen LogP contribution < -0.4 is 24.4 Å². The lowest BCUT2D eigenvalue weighted by Gasteiger charge is -2.33. The monoisotopic (exact) mass is 423 g/mol. The van der Waals surface area contributed by atoms with Crippen molar-refractivity contribution in [3.05, 3.63) is 42.0 Å². The topological polar surface area (TPSA) is 80.3 Å². The van der Waals surface area contributed by atoms with Crippen LogP contribution in [0.2, 0.25) is 0 Å². The van der Waals surface area contributed by atoms with Gasteiger partial charge in [-0.05, 0) is 62.3 Å². The van der Waals surface area contributed by atoms with Crippen molar-refractivity contribution in [2.45, 2.75) is 19.3 Å². The molecule has 3 heterocycles. The average molecular weight is 423 g/mol. The van der Waals surface area contributed by atoms with Crippen molar-refractivity contribution in [3.8, 4) is 17.2 Å². The lowest BCUT2D eigenvalue weighted by molar-refractivity contribution is -0.121. The summed E-state index contributed by atoms with van der Waals surface area (Å²) in [5, 5.41) is 2.90. The Morgan fingerprint density at radius 2 is 1.71 bits per heavy atom. The number of ether oxygens (including phenoxy) is 3. The maximum atomic E-state index is 12.7. The van der Waals surface area contributed by atoms with Gasteiger partial charge in [0.1, 0.15) is 5.75 Å². The van der Waals surface area contributed by atoms with Crippen molar-refractivity contribution in [2.75, 3.05) is 49.8 Å². The van der Waals surface area contributed by atoms with E-state index >= 15 is 0 Å². The minimum absolute atomic E-state index is 0.0376. The van der Waals surface area contributed by atoms with Gasteiger partial charge in [0, 0.05) is 24.3 Å². The number of hydrogen-bond donors (Lipinski definition) is 1. The van der Waals surface area contributed by atoms with E-state index in [2.05, 4.69) is 10.2 Å². The van der Waals surface area contributed by atoms with Crippen LogP contribution in [-0.2, 0) is 4.79 Å². The van der Waals surface area contributed by atoms with E-state index in [0.29, 0.717) is 40.7 Å². The number of carbonyl (C=O) groups excluding carboxylic acids is 2. The zero-order chi connectivity index (χ0) is 21.2. The van der Waals surface area contributed by atoms with E-state index in [-0.39, 0.29) is 25.2 Å². The Morgan fingerprint density at radius 3 is 2.58 bits per heavy atom. The first kappa shape index (κ1) is 19.7. The number of fused-ring (bicyclic) bond motifs is 2. The molecule has 0 unspecified atom stereocenters. The summed E-state index contributed by atoms with van der Waals surface area (Å²) in [5.74, 6) is 1.51. The quantitative estimate of drug-likeness (QED) is 0.797. The van der Waals surface area contributed by atoms with Crippen LogP contribution in [-0.4, -0.2) is 56.3 Å². The highest BCUT2D eigenvalue weighted by Crippen LogP contribution is 2.35. The molecule has 0 saturated carbocycles. The molecule has 0 radical (unpaired) electrons. The van der Waals surface area contributed by atoms with Crippen LogP contribution in [0.4, 0.5) is 11.4 Å². The van der Waals surface area contributed by atoms with E-state index in [4.69, 9.17) is 14.2 Å². The van der Waals surface area contributed by atoms with Crippen molar-refractivity contribution in [3.63, 3.8) is 0 Å². The molecule has 5 rings (SSSR count). The number of amides is 2. The van der Waals surface area contributed by atoms with E-state index in [1.165, 1.54) is 19.3 Å². The summed E-state index contributed by atoms with van der Waals surface area (Å²) in [4.78, 5) is 29.5. The second-order valence-corrected chi connectivity index (χ2v) is 7.94. The maximum Gasteiger partial charge on any atom is 0.265 e. The molecule has 1 saturated heterocycles. The summed E-state index contributed by atoms with van der Waals surface area (Å²) >= 11 is 0. The Bertz CT molecular complexity index is 1000. The molecule has 2 aromatic carbocycles. The summed E-state index contributed by atoms with van der Waals surface area (Å²) in [7, 11) is 0. The van der Waals surface area contributed by atoms with Crippen LogP contribution in [0, 0.1) is 0 Å². The molecule has 3 aliphatic rings. The predicted molar refractivity (Wildman–Crippen MR) is 115 cm³/mol. The van der Waals surface area contributed by atoms with Crippen LogP contribution >= 0.6 is 0 Å². The fourth-order valence-electron chi connectivity index (χ4n) is 4.19. The molecule has 1 N–H and O–H groups in total. The van der Waals surface area contributed by atoms with Crippen molar-refractivity contribution in [1.29, 1.82) is 0 Å².